The van der Waals surface area contributed by atoms with E-state index < -0.39 is 26.7 Å². The molecule has 3 aromatic rings. The Morgan fingerprint density at radius 1 is 0.974 bits per heavy atom. The third kappa shape index (κ3) is 6.96. The molecule has 0 aliphatic carbocycles. The molecular weight excluding hydrogens is 531 g/mol. The summed E-state index contributed by atoms with van der Waals surface area (Å²) in [5.41, 5.74) is 1.15. The predicted octanol–water partition coefficient (Wildman–Crippen LogP) is 4.85. The van der Waals surface area contributed by atoms with Crippen LogP contribution in [-0.2, 0) is 27.5 Å². The number of sulfonamides is 1. The van der Waals surface area contributed by atoms with Gasteiger partial charge < -0.3 is 9.47 Å². The van der Waals surface area contributed by atoms with Gasteiger partial charge in [0.2, 0.25) is 10.0 Å². The van der Waals surface area contributed by atoms with Crippen LogP contribution >= 0.6 is 0 Å². The molecule has 0 radical (unpaired) electrons. The van der Waals surface area contributed by atoms with Gasteiger partial charge >= 0.3 is 6.18 Å². The van der Waals surface area contributed by atoms with Crippen LogP contribution in [-0.4, -0.2) is 57.5 Å². The van der Waals surface area contributed by atoms with Gasteiger partial charge in [-0.2, -0.15) is 22.7 Å². The van der Waals surface area contributed by atoms with E-state index in [4.69, 9.17) is 14.7 Å². The molecule has 0 N–H and O–H groups in total. The molecule has 0 spiro atoms. The number of hydrogen-bond acceptors (Lipinski definition) is 6. The Bertz CT molecular complexity index is 1410. The molecule has 3 aromatic carbocycles. The third-order valence-corrected chi connectivity index (χ3v) is 8.52. The standard InChI is InChI=1S/C28H28F3N3O4S/c1-37-24-6-4-5-23(17-24)26(38-20-22-11-9-21(18-32)10-12-22)19-33-13-15-34(16-14-33)39(35,36)27-8-3-2-7-25(27)28(29,30)31/h2-12,17,26H,13-16,19-20H2,1H3/t26-/m1/s1. The van der Waals surface area contributed by atoms with Gasteiger partial charge in [-0.3, -0.25) is 4.90 Å². The van der Waals surface area contributed by atoms with Crippen molar-refractivity contribution in [3.8, 4) is 11.8 Å². The van der Waals surface area contributed by atoms with Gasteiger partial charge in [0, 0.05) is 32.7 Å². The number of halogens is 3. The highest BCUT2D eigenvalue weighted by atomic mass is 32.2. The van der Waals surface area contributed by atoms with Gasteiger partial charge in [0.1, 0.15) is 5.75 Å². The smallest absolute Gasteiger partial charge is 0.417 e. The fourth-order valence-corrected chi connectivity index (χ4v) is 6.05. The molecule has 0 amide bonds. The Hall–Kier alpha value is -3.43. The molecule has 0 unspecified atom stereocenters. The molecule has 206 valence electrons. The van der Waals surface area contributed by atoms with E-state index in [1.165, 1.54) is 12.1 Å². The molecule has 0 bridgehead atoms. The SMILES string of the molecule is COc1cccc([C@@H](CN2CCN(S(=O)(=O)c3ccccc3C(F)(F)F)CC2)OCc2ccc(C#N)cc2)c1. The lowest BCUT2D eigenvalue weighted by atomic mass is 10.1. The minimum Gasteiger partial charge on any atom is -0.497 e. The Balaban J connectivity index is 1.46. The number of hydrogen-bond donors (Lipinski definition) is 0. The minimum absolute atomic E-state index is 0.0506. The first-order valence-corrected chi connectivity index (χ1v) is 13.7. The summed E-state index contributed by atoms with van der Waals surface area (Å²) < 4.78 is 79.4. The summed E-state index contributed by atoms with van der Waals surface area (Å²) in [6.45, 7) is 1.48. The van der Waals surface area contributed by atoms with E-state index in [1.807, 2.05) is 41.3 Å². The lowest BCUT2D eigenvalue weighted by Crippen LogP contribution is -2.49. The Morgan fingerprint density at radius 3 is 2.31 bits per heavy atom. The lowest BCUT2D eigenvalue weighted by Gasteiger charge is -2.36. The maximum absolute atomic E-state index is 13.5. The van der Waals surface area contributed by atoms with E-state index in [0.717, 1.165) is 27.6 Å². The van der Waals surface area contributed by atoms with Crippen molar-refractivity contribution in [2.24, 2.45) is 0 Å². The summed E-state index contributed by atoms with van der Waals surface area (Å²) in [5, 5.41) is 9.02. The van der Waals surface area contributed by atoms with Crippen molar-refractivity contribution in [2.45, 2.75) is 23.8 Å². The number of ether oxygens (including phenoxy) is 2. The van der Waals surface area contributed by atoms with E-state index in [2.05, 4.69) is 6.07 Å². The van der Waals surface area contributed by atoms with Gasteiger partial charge in [0.25, 0.3) is 0 Å². The van der Waals surface area contributed by atoms with E-state index in [-0.39, 0.29) is 25.8 Å². The Labute approximate surface area is 226 Å². The Morgan fingerprint density at radius 2 is 1.67 bits per heavy atom. The Kier molecular flexibility index (Phi) is 8.92. The summed E-state index contributed by atoms with van der Waals surface area (Å²) in [6, 6.07) is 20.9. The van der Waals surface area contributed by atoms with Crippen LogP contribution in [0.3, 0.4) is 0 Å². The molecule has 0 saturated carbocycles. The summed E-state index contributed by atoms with van der Waals surface area (Å²) in [5.74, 6) is 0.665. The van der Waals surface area contributed by atoms with Crippen LogP contribution < -0.4 is 4.74 Å². The number of piperazine rings is 1. The van der Waals surface area contributed by atoms with E-state index in [9.17, 15) is 21.6 Å². The van der Waals surface area contributed by atoms with Crippen LogP contribution in [0.25, 0.3) is 0 Å². The number of alkyl halides is 3. The van der Waals surface area contributed by atoms with Gasteiger partial charge in [-0.05, 0) is 47.5 Å². The molecule has 0 aromatic heterocycles. The van der Waals surface area contributed by atoms with Crippen molar-refractivity contribution in [1.29, 1.82) is 5.26 Å². The average molecular weight is 560 g/mol. The summed E-state index contributed by atoms with van der Waals surface area (Å²) in [7, 11) is -2.75. The lowest BCUT2D eigenvalue weighted by molar-refractivity contribution is -0.139. The molecule has 1 aliphatic rings. The number of benzene rings is 3. The first kappa shape index (κ1) is 28.6. The highest BCUT2D eigenvalue weighted by Gasteiger charge is 2.39. The highest BCUT2D eigenvalue weighted by molar-refractivity contribution is 7.89. The quantitative estimate of drug-likeness (QED) is 0.373. The van der Waals surface area contributed by atoms with Crippen molar-refractivity contribution in [1.82, 2.24) is 9.21 Å². The first-order valence-electron chi connectivity index (χ1n) is 12.2. The molecule has 1 heterocycles. The molecule has 11 heteroatoms. The van der Waals surface area contributed by atoms with Crippen molar-refractivity contribution < 1.29 is 31.1 Å². The zero-order chi connectivity index (χ0) is 28.0. The molecule has 1 fully saturated rings. The fourth-order valence-electron chi connectivity index (χ4n) is 4.42. The fraction of sp³-hybridized carbons (Fsp3) is 0.321. The van der Waals surface area contributed by atoms with Gasteiger partial charge in [-0.15, -0.1) is 0 Å². The van der Waals surface area contributed by atoms with E-state index in [1.54, 1.807) is 19.2 Å². The van der Waals surface area contributed by atoms with Crippen LogP contribution in [0.15, 0.2) is 77.7 Å². The molecule has 7 nitrogen and oxygen atoms in total. The maximum atomic E-state index is 13.5. The van der Waals surface area contributed by atoms with Crippen molar-refractivity contribution in [3.63, 3.8) is 0 Å². The van der Waals surface area contributed by atoms with Crippen LogP contribution in [0.1, 0.15) is 28.4 Å². The van der Waals surface area contributed by atoms with Gasteiger partial charge in [-0.25, -0.2) is 8.42 Å². The number of nitriles is 1. The number of rotatable bonds is 9. The first-order chi connectivity index (χ1) is 18.6. The second-order valence-electron chi connectivity index (χ2n) is 9.08. The maximum Gasteiger partial charge on any atom is 0.417 e. The summed E-state index contributed by atoms with van der Waals surface area (Å²) >= 11 is 0. The number of methoxy groups -OCH3 is 1. The van der Waals surface area contributed by atoms with E-state index >= 15 is 0 Å². The topological polar surface area (TPSA) is 82.9 Å². The highest BCUT2D eigenvalue weighted by Crippen LogP contribution is 2.35. The van der Waals surface area contributed by atoms with Crippen LogP contribution in [0.5, 0.6) is 5.75 Å². The van der Waals surface area contributed by atoms with Crippen molar-refractivity contribution in [3.05, 3.63) is 95.1 Å². The predicted molar refractivity (Wildman–Crippen MR) is 138 cm³/mol. The average Bonchev–Trinajstić information content (AvgIpc) is 2.95. The number of nitrogens with zero attached hydrogens (tertiary/aromatic N) is 3. The van der Waals surface area contributed by atoms with Gasteiger partial charge in [0.05, 0.1) is 41.9 Å². The van der Waals surface area contributed by atoms with Crippen LogP contribution in [0, 0.1) is 11.3 Å². The van der Waals surface area contributed by atoms with Gasteiger partial charge in [-0.1, -0.05) is 36.4 Å². The molecule has 4 rings (SSSR count). The van der Waals surface area contributed by atoms with Crippen molar-refractivity contribution >= 4 is 10.0 Å². The van der Waals surface area contributed by atoms with Crippen LogP contribution in [0.2, 0.25) is 0 Å². The molecule has 1 saturated heterocycles. The third-order valence-electron chi connectivity index (χ3n) is 6.57. The second-order valence-corrected chi connectivity index (χ2v) is 11.0. The largest absolute Gasteiger partial charge is 0.497 e. The van der Waals surface area contributed by atoms with Gasteiger partial charge in [0.15, 0.2) is 0 Å². The molecule has 1 aliphatic heterocycles. The van der Waals surface area contributed by atoms with Crippen LogP contribution in [0.4, 0.5) is 13.2 Å². The molecule has 39 heavy (non-hydrogen) atoms. The molecular formula is C28H28F3N3O4S. The summed E-state index contributed by atoms with van der Waals surface area (Å²) in [6.07, 6.45) is -5.16. The molecule has 1 atom stereocenters. The summed E-state index contributed by atoms with van der Waals surface area (Å²) in [4.78, 5) is 1.30. The zero-order valence-electron chi connectivity index (χ0n) is 21.3. The zero-order valence-corrected chi connectivity index (χ0v) is 22.1. The minimum atomic E-state index is -4.78. The van der Waals surface area contributed by atoms with E-state index in [0.29, 0.717) is 30.9 Å². The van der Waals surface area contributed by atoms with Crippen molar-refractivity contribution in [2.75, 3.05) is 39.8 Å². The normalized spacial score (nSPS) is 16.0. The monoisotopic (exact) mass is 559 g/mol. The second kappa shape index (κ2) is 12.2.